The van der Waals surface area contributed by atoms with Crippen LogP contribution in [-0.4, -0.2) is 12.6 Å². The Morgan fingerprint density at radius 3 is 2.89 bits per heavy atom. The average molecular weight is 312 g/mol. The lowest BCUT2D eigenvalue weighted by molar-refractivity contribution is 0.140. The van der Waals surface area contributed by atoms with Crippen LogP contribution in [-0.2, 0) is 0 Å². The molecule has 1 aliphatic rings. The maximum absolute atomic E-state index is 6.09. The van der Waals surface area contributed by atoms with Crippen molar-refractivity contribution < 1.29 is 4.74 Å². The molecular weight excluding hydrogens is 290 g/mol. The molecule has 2 unspecified atom stereocenters. The number of benzene rings is 1. The first-order valence-corrected chi connectivity index (χ1v) is 7.73. The van der Waals surface area contributed by atoms with Crippen LogP contribution in [0.25, 0.3) is 0 Å². The minimum atomic E-state index is 0.353. The summed E-state index contributed by atoms with van der Waals surface area (Å²) in [5, 5.41) is 3.64. The second kappa shape index (κ2) is 6.58. The highest BCUT2D eigenvalue weighted by Gasteiger charge is 2.27. The molecule has 0 radical (unpaired) electrons. The summed E-state index contributed by atoms with van der Waals surface area (Å²) < 4.78 is 7.18. The van der Waals surface area contributed by atoms with E-state index < -0.39 is 0 Å². The summed E-state index contributed by atoms with van der Waals surface area (Å²) in [4.78, 5) is 0. The van der Waals surface area contributed by atoms with E-state index >= 15 is 0 Å². The van der Waals surface area contributed by atoms with Crippen molar-refractivity contribution in [2.75, 3.05) is 6.54 Å². The number of ether oxygens (including phenoxy) is 1. The highest BCUT2D eigenvalue weighted by atomic mass is 79.9. The topological polar surface area (TPSA) is 21.3 Å². The number of fused-ring (bicyclic) bond motifs is 1. The van der Waals surface area contributed by atoms with Crippen molar-refractivity contribution >= 4 is 15.9 Å². The number of hydrogen-bond acceptors (Lipinski definition) is 2. The second-order valence-corrected chi connectivity index (χ2v) is 5.87. The lowest BCUT2D eigenvalue weighted by Crippen LogP contribution is -2.33. The van der Waals surface area contributed by atoms with Gasteiger partial charge in [-0.05, 0) is 31.5 Å². The third-order valence-electron chi connectivity index (χ3n) is 3.39. The quantitative estimate of drug-likeness (QED) is 0.868. The largest absolute Gasteiger partial charge is 0.490 e. The van der Waals surface area contributed by atoms with Crippen molar-refractivity contribution in [1.29, 1.82) is 0 Å². The van der Waals surface area contributed by atoms with Gasteiger partial charge >= 0.3 is 0 Å². The van der Waals surface area contributed by atoms with Gasteiger partial charge in [0.1, 0.15) is 11.9 Å². The van der Waals surface area contributed by atoms with Crippen LogP contribution in [0.1, 0.15) is 51.1 Å². The third kappa shape index (κ3) is 3.27. The van der Waals surface area contributed by atoms with E-state index in [0.29, 0.717) is 12.1 Å². The fraction of sp³-hybridized carbons (Fsp3) is 0.600. The van der Waals surface area contributed by atoms with Gasteiger partial charge in [-0.1, -0.05) is 42.3 Å². The maximum atomic E-state index is 6.09. The summed E-state index contributed by atoms with van der Waals surface area (Å²) in [6, 6.07) is 6.81. The first-order valence-electron chi connectivity index (χ1n) is 6.94. The Balaban J connectivity index is 2.19. The molecule has 1 aromatic carbocycles. The normalized spacial score (nSPS) is 22.4. The molecule has 0 saturated heterocycles. The van der Waals surface area contributed by atoms with Crippen molar-refractivity contribution in [3.05, 3.63) is 28.2 Å². The smallest absolute Gasteiger partial charge is 0.125 e. The summed E-state index contributed by atoms with van der Waals surface area (Å²) in [7, 11) is 0. The Morgan fingerprint density at radius 1 is 1.33 bits per heavy atom. The summed E-state index contributed by atoms with van der Waals surface area (Å²) in [6.45, 7) is 5.49. The zero-order chi connectivity index (χ0) is 13.0. The van der Waals surface area contributed by atoms with Crippen LogP contribution in [0, 0.1) is 0 Å². The van der Waals surface area contributed by atoms with E-state index in [0.717, 1.165) is 29.6 Å². The van der Waals surface area contributed by atoms with Gasteiger partial charge in [0, 0.05) is 22.5 Å². The van der Waals surface area contributed by atoms with Crippen molar-refractivity contribution in [3.63, 3.8) is 0 Å². The minimum Gasteiger partial charge on any atom is -0.490 e. The number of nitrogens with one attached hydrogen (secondary N) is 1. The van der Waals surface area contributed by atoms with Crippen LogP contribution >= 0.6 is 15.9 Å². The van der Waals surface area contributed by atoms with Crippen LogP contribution in [0.5, 0.6) is 5.75 Å². The van der Waals surface area contributed by atoms with Gasteiger partial charge < -0.3 is 10.1 Å². The zero-order valence-electron chi connectivity index (χ0n) is 11.2. The van der Waals surface area contributed by atoms with Crippen molar-refractivity contribution in [3.8, 4) is 5.75 Å². The van der Waals surface area contributed by atoms with Gasteiger partial charge in [0.05, 0.1) is 0 Å². The monoisotopic (exact) mass is 311 g/mol. The van der Waals surface area contributed by atoms with Gasteiger partial charge in [0.15, 0.2) is 0 Å². The van der Waals surface area contributed by atoms with Crippen LogP contribution in [0.3, 0.4) is 0 Å². The first-order chi connectivity index (χ1) is 8.74. The van der Waals surface area contributed by atoms with Gasteiger partial charge in [-0.3, -0.25) is 0 Å². The molecule has 0 aliphatic carbocycles. The van der Waals surface area contributed by atoms with E-state index in [2.05, 4.69) is 53.3 Å². The van der Waals surface area contributed by atoms with E-state index in [1.165, 1.54) is 18.4 Å². The SMILES string of the molecule is CCCNC1CC(CCC)Oc2cc(Br)ccc21. The molecule has 2 nitrogen and oxygen atoms in total. The molecule has 1 heterocycles. The molecule has 100 valence electrons. The highest BCUT2D eigenvalue weighted by Crippen LogP contribution is 2.37. The van der Waals surface area contributed by atoms with Crippen molar-refractivity contribution in [2.24, 2.45) is 0 Å². The van der Waals surface area contributed by atoms with Gasteiger partial charge in [-0.15, -0.1) is 0 Å². The molecule has 18 heavy (non-hydrogen) atoms. The Kier molecular flexibility index (Phi) is 5.07. The van der Waals surface area contributed by atoms with E-state index in [-0.39, 0.29) is 0 Å². The molecular formula is C15H22BrNO. The van der Waals surface area contributed by atoms with E-state index in [1.54, 1.807) is 0 Å². The zero-order valence-corrected chi connectivity index (χ0v) is 12.8. The molecule has 2 rings (SSSR count). The molecule has 1 aromatic rings. The van der Waals surface area contributed by atoms with Crippen LogP contribution in [0.15, 0.2) is 22.7 Å². The lowest BCUT2D eigenvalue weighted by Gasteiger charge is -2.33. The summed E-state index contributed by atoms with van der Waals surface area (Å²) in [6.07, 6.45) is 4.92. The predicted molar refractivity (Wildman–Crippen MR) is 79.1 cm³/mol. The van der Waals surface area contributed by atoms with Gasteiger partial charge in [0.25, 0.3) is 0 Å². The molecule has 0 fully saturated rings. The van der Waals surface area contributed by atoms with E-state index in [9.17, 15) is 0 Å². The molecule has 0 bridgehead atoms. The number of rotatable bonds is 5. The maximum Gasteiger partial charge on any atom is 0.125 e. The molecule has 1 aliphatic heterocycles. The highest BCUT2D eigenvalue weighted by molar-refractivity contribution is 9.10. The average Bonchev–Trinajstić information content (AvgIpc) is 2.35. The van der Waals surface area contributed by atoms with Crippen LogP contribution in [0.4, 0.5) is 0 Å². The van der Waals surface area contributed by atoms with Crippen LogP contribution in [0.2, 0.25) is 0 Å². The van der Waals surface area contributed by atoms with Gasteiger partial charge in [-0.25, -0.2) is 0 Å². The molecule has 1 N–H and O–H groups in total. The molecule has 3 heteroatoms. The lowest BCUT2D eigenvalue weighted by atomic mass is 9.94. The predicted octanol–water partition coefficient (Wildman–Crippen LogP) is 4.44. The fourth-order valence-corrected chi connectivity index (χ4v) is 2.87. The van der Waals surface area contributed by atoms with Crippen LogP contribution < -0.4 is 10.1 Å². The summed E-state index contributed by atoms with van der Waals surface area (Å²) >= 11 is 3.52. The standard InChI is InChI=1S/C15H22BrNO/c1-3-5-12-10-14(17-8-4-2)13-7-6-11(16)9-15(13)18-12/h6-7,9,12,14,17H,3-5,8,10H2,1-2H3. The first kappa shape index (κ1) is 13.9. The second-order valence-electron chi connectivity index (χ2n) is 4.95. The third-order valence-corrected chi connectivity index (χ3v) is 3.89. The molecule has 0 amide bonds. The Morgan fingerprint density at radius 2 is 2.17 bits per heavy atom. The fourth-order valence-electron chi connectivity index (χ4n) is 2.53. The molecule has 0 spiro atoms. The van der Waals surface area contributed by atoms with E-state index in [1.807, 2.05) is 0 Å². The summed E-state index contributed by atoms with van der Waals surface area (Å²) in [5.41, 5.74) is 1.30. The molecule has 2 atom stereocenters. The van der Waals surface area contributed by atoms with Gasteiger partial charge in [0.2, 0.25) is 0 Å². The number of hydrogen-bond donors (Lipinski definition) is 1. The Labute approximate surface area is 118 Å². The number of halogens is 1. The Bertz CT molecular complexity index is 394. The van der Waals surface area contributed by atoms with Crippen molar-refractivity contribution in [2.45, 2.75) is 51.7 Å². The van der Waals surface area contributed by atoms with Gasteiger partial charge in [-0.2, -0.15) is 0 Å². The summed E-state index contributed by atoms with van der Waals surface area (Å²) in [5.74, 6) is 1.04. The van der Waals surface area contributed by atoms with Crippen molar-refractivity contribution in [1.82, 2.24) is 5.32 Å². The van der Waals surface area contributed by atoms with E-state index in [4.69, 9.17) is 4.74 Å². The Hall–Kier alpha value is -0.540. The molecule has 0 saturated carbocycles. The molecule has 0 aromatic heterocycles. The minimum absolute atomic E-state index is 0.353.